The molecule has 15 heavy (non-hydrogen) atoms. The number of sulfonamides is 1. The first-order chi connectivity index (χ1) is 6.98. The summed E-state index contributed by atoms with van der Waals surface area (Å²) >= 11 is 6.75. The molecule has 0 aliphatic carbocycles. The Kier molecular flexibility index (Phi) is 4.54. The smallest absolute Gasteiger partial charge is 0.252 e. The lowest BCUT2D eigenvalue weighted by atomic mass is 10.4. The molecule has 2 N–H and O–H groups in total. The van der Waals surface area contributed by atoms with E-state index in [4.69, 9.17) is 17.3 Å². The Morgan fingerprint density at radius 1 is 1.53 bits per heavy atom. The maximum atomic E-state index is 11.9. The van der Waals surface area contributed by atoms with Gasteiger partial charge in [0, 0.05) is 13.6 Å². The zero-order chi connectivity index (χ0) is 11.5. The van der Waals surface area contributed by atoms with Crippen LogP contribution >= 0.6 is 22.9 Å². The third-order valence-corrected chi connectivity index (χ3v) is 5.45. The number of nitrogens with two attached hydrogens (primary N) is 1. The highest BCUT2D eigenvalue weighted by atomic mass is 35.5. The number of hydrogen-bond acceptors (Lipinski definition) is 4. The number of thiophene rings is 1. The Morgan fingerprint density at radius 3 is 2.67 bits per heavy atom. The van der Waals surface area contributed by atoms with E-state index in [1.54, 1.807) is 13.1 Å². The van der Waals surface area contributed by atoms with E-state index >= 15 is 0 Å². The summed E-state index contributed by atoms with van der Waals surface area (Å²) in [6, 6.07) is 3.09. The molecule has 0 unspecified atom stereocenters. The van der Waals surface area contributed by atoms with E-state index in [0.717, 1.165) is 11.3 Å². The molecule has 1 rings (SSSR count). The summed E-state index contributed by atoms with van der Waals surface area (Å²) in [7, 11) is -1.84. The molecule has 0 aliphatic heterocycles. The van der Waals surface area contributed by atoms with Crippen LogP contribution in [0.4, 0.5) is 0 Å². The van der Waals surface area contributed by atoms with Crippen LogP contribution in [0.5, 0.6) is 0 Å². The Morgan fingerprint density at radius 2 is 2.20 bits per heavy atom. The zero-order valence-electron chi connectivity index (χ0n) is 8.31. The van der Waals surface area contributed by atoms with Crippen LogP contribution in [0, 0.1) is 0 Å². The van der Waals surface area contributed by atoms with E-state index in [2.05, 4.69) is 0 Å². The second kappa shape index (κ2) is 5.27. The molecule has 7 heteroatoms. The van der Waals surface area contributed by atoms with Gasteiger partial charge in [-0.1, -0.05) is 11.6 Å². The first kappa shape index (κ1) is 12.9. The van der Waals surface area contributed by atoms with E-state index in [-0.39, 0.29) is 4.21 Å². The second-order valence-corrected chi connectivity index (χ2v) is 7.01. The molecule has 0 fully saturated rings. The summed E-state index contributed by atoms with van der Waals surface area (Å²) in [6.07, 6.45) is 0.648. The van der Waals surface area contributed by atoms with E-state index in [1.165, 1.54) is 10.4 Å². The molecule has 0 bridgehead atoms. The van der Waals surface area contributed by atoms with Crippen molar-refractivity contribution in [3.05, 3.63) is 16.5 Å². The lowest BCUT2D eigenvalue weighted by molar-refractivity contribution is 0.465. The molecular weight excluding hydrogens is 256 g/mol. The van der Waals surface area contributed by atoms with Crippen molar-refractivity contribution >= 4 is 33.0 Å². The van der Waals surface area contributed by atoms with E-state index in [9.17, 15) is 8.42 Å². The van der Waals surface area contributed by atoms with Gasteiger partial charge in [-0.25, -0.2) is 12.7 Å². The van der Waals surface area contributed by atoms with Gasteiger partial charge < -0.3 is 5.73 Å². The normalized spacial score (nSPS) is 12.3. The monoisotopic (exact) mass is 268 g/mol. The molecule has 1 aromatic rings. The first-order valence-electron chi connectivity index (χ1n) is 4.40. The van der Waals surface area contributed by atoms with Gasteiger partial charge in [0.2, 0.25) is 0 Å². The van der Waals surface area contributed by atoms with E-state index in [1.807, 2.05) is 0 Å². The highest BCUT2D eigenvalue weighted by molar-refractivity contribution is 7.91. The molecule has 4 nitrogen and oxygen atoms in total. The summed E-state index contributed by atoms with van der Waals surface area (Å²) < 4.78 is 25.8. The second-order valence-electron chi connectivity index (χ2n) is 3.03. The molecule has 86 valence electrons. The quantitative estimate of drug-likeness (QED) is 0.877. The Balaban J connectivity index is 2.83. The van der Waals surface area contributed by atoms with Crippen LogP contribution in [-0.4, -0.2) is 32.9 Å². The van der Waals surface area contributed by atoms with E-state index < -0.39 is 10.0 Å². The fraction of sp³-hybridized carbons (Fsp3) is 0.500. The van der Waals surface area contributed by atoms with Crippen molar-refractivity contribution < 1.29 is 8.42 Å². The molecule has 0 atom stereocenters. The maximum Gasteiger partial charge on any atom is 0.252 e. The molecule has 1 aromatic heterocycles. The van der Waals surface area contributed by atoms with Gasteiger partial charge in [0.1, 0.15) is 4.21 Å². The molecule has 0 saturated heterocycles. The molecule has 0 amide bonds. The summed E-state index contributed by atoms with van der Waals surface area (Å²) in [5.74, 6) is 0. The number of halogens is 1. The minimum absolute atomic E-state index is 0.270. The highest BCUT2D eigenvalue weighted by Gasteiger charge is 2.21. The minimum Gasteiger partial charge on any atom is -0.330 e. The predicted octanol–water partition coefficient (Wildman–Crippen LogP) is 1.37. The Labute approximate surface area is 98.7 Å². The van der Waals surface area contributed by atoms with Crippen molar-refractivity contribution in [3.8, 4) is 0 Å². The first-order valence-corrected chi connectivity index (χ1v) is 7.03. The molecular formula is C8H13ClN2O2S2. The van der Waals surface area contributed by atoms with Gasteiger partial charge in [0.15, 0.2) is 0 Å². The van der Waals surface area contributed by atoms with Gasteiger partial charge in [0.05, 0.1) is 4.34 Å². The zero-order valence-corrected chi connectivity index (χ0v) is 10.7. The van der Waals surface area contributed by atoms with Crippen LogP contribution in [-0.2, 0) is 10.0 Å². The standard InChI is InChI=1S/C8H13ClN2O2S2/c1-11(6-2-5-10)15(12,13)8-4-3-7(9)14-8/h3-4H,2,5-6,10H2,1H3. The molecule has 0 saturated carbocycles. The fourth-order valence-electron chi connectivity index (χ4n) is 1.02. The van der Waals surface area contributed by atoms with Crippen molar-refractivity contribution in [2.24, 2.45) is 5.73 Å². The summed E-state index contributed by atoms with van der Waals surface area (Å²) in [6.45, 7) is 0.902. The predicted molar refractivity (Wildman–Crippen MR) is 62.8 cm³/mol. The van der Waals surface area contributed by atoms with Gasteiger partial charge in [-0.15, -0.1) is 11.3 Å². The number of hydrogen-bond donors (Lipinski definition) is 1. The van der Waals surface area contributed by atoms with Gasteiger partial charge in [-0.3, -0.25) is 0 Å². The Hall–Kier alpha value is -0.140. The molecule has 0 radical (unpaired) electrons. The van der Waals surface area contributed by atoms with Gasteiger partial charge in [0.25, 0.3) is 10.0 Å². The van der Waals surface area contributed by atoms with Crippen LogP contribution in [0.3, 0.4) is 0 Å². The molecule has 0 aromatic carbocycles. The lowest BCUT2D eigenvalue weighted by Gasteiger charge is -2.14. The summed E-state index contributed by atoms with van der Waals surface area (Å²) in [5.41, 5.74) is 5.32. The number of rotatable bonds is 5. The van der Waals surface area contributed by atoms with Gasteiger partial charge in [-0.05, 0) is 25.1 Å². The van der Waals surface area contributed by atoms with Crippen LogP contribution in [0.1, 0.15) is 6.42 Å². The summed E-state index contributed by atoms with van der Waals surface area (Å²) in [5, 5.41) is 0. The van der Waals surface area contributed by atoms with Crippen LogP contribution in [0.2, 0.25) is 4.34 Å². The van der Waals surface area contributed by atoms with Crippen molar-refractivity contribution in [1.29, 1.82) is 0 Å². The average molecular weight is 269 g/mol. The third kappa shape index (κ3) is 3.15. The number of nitrogens with zero attached hydrogens (tertiary/aromatic N) is 1. The largest absolute Gasteiger partial charge is 0.330 e. The van der Waals surface area contributed by atoms with Crippen LogP contribution in [0.15, 0.2) is 16.3 Å². The molecule has 0 aliphatic rings. The average Bonchev–Trinajstić information content (AvgIpc) is 2.61. The fourth-order valence-corrected chi connectivity index (χ4v) is 3.93. The van der Waals surface area contributed by atoms with Crippen LogP contribution < -0.4 is 5.73 Å². The topological polar surface area (TPSA) is 63.4 Å². The molecule has 1 heterocycles. The highest BCUT2D eigenvalue weighted by Crippen LogP contribution is 2.27. The molecule has 0 spiro atoms. The third-order valence-electron chi connectivity index (χ3n) is 1.89. The van der Waals surface area contributed by atoms with Gasteiger partial charge in [-0.2, -0.15) is 0 Å². The summed E-state index contributed by atoms with van der Waals surface area (Å²) in [4.78, 5) is 0. The van der Waals surface area contributed by atoms with Crippen LogP contribution in [0.25, 0.3) is 0 Å². The van der Waals surface area contributed by atoms with E-state index in [0.29, 0.717) is 23.8 Å². The van der Waals surface area contributed by atoms with Crippen molar-refractivity contribution in [3.63, 3.8) is 0 Å². The van der Waals surface area contributed by atoms with Gasteiger partial charge >= 0.3 is 0 Å². The van der Waals surface area contributed by atoms with Crippen molar-refractivity contribution in [1.82, 2.24) is 4.31 Å². The van der Waals surface area contributed by atoms with Crippen molar-refractivity contribution in [2.45, 2.75) is 10.6 Å². The van der Waals surface area contributed by atoms with Crippen molar-refractivity contribution in [2.75, 3.05) is 20.1 Å². The maximum absolute atomic E-state index is 11.9. The lowest BCUT2D eigenvalue weighted by Crippen LogP contribution is -2.28. The minimum atomic E-state index is -3.38. The Bertz CT molecular complexity index is 416. The SMILES string of the molecule is CN(CCCN)S(=O)(=O)c1ccc(Cl)s1.